The number of rotatable bonds is 4. The summed E-state index contributed by atoms with van der Waals surface area (Å²) < 4.78 is 0. The van der Waals surface area contributed by atoms with Crippen LogP contribution >= 0.6 is 23.2 Å². The van der Waals surface area contributed by atoms with Gasteiger partial charge in [-0.25, -0.2) is 0 Å². The minimum atomic E-state index is -2.31. The van der Waals surface area contributed by atoms with E-state index < -0.39 is 47.5 Å². The molecule has 2 aromatic carbocycles. The summed E-state index contributed by atoms with van der Waals surface area (Å²) in [6.07, 6.45) is -3.19. The summed E-state index contributed by atoms with van der Waals surface area (Å²) in [5, 5.41) is 65.6. The molecule has 3 unspecified atom stereocenters. The number of fused-ring (bicyclic) bond motifs is 1. The summed E-state index contributed by atoms with van der Waals surface area (Å²) >= 11 is 11.8. The molecule has 7 atom stereocenters. The molecule has 2 aromatic rings. The summed E-state index contributed by atoms with van der Waals surface area (Å²) in [6, 6.07) is 12.4. The summed E-state index contributed by atoms with van der Waals surface area (Å²) in [5.41, 5.74) is -5.94. The molecule has 8 heteroatoms. The molecule has 0 bridgehead atoms. The molecule has 0 spiro atoms. The maximum atomic E-state index is 11.4. The maximum absolute atomic E-state index is 11.4. The number of aliphatic hydroxyl groups is 6. The Morgan fingerprint density at radius 2 is 1.32 bits per heavy atom. The lowest BCUT2D eigenvalue weighted by Gasteiger charge is -2.80. The lowest BCUT2D eigenvalue weighted by molar-refractivity contribution is -0.459. The molecular weight excluding hydrogens is 407 g/mol. The molecule has 150 valence electrons. The zero-order valence-electron chi connectivity index (χ0n) is 14.6. The van der Waals surface area contributed by atoms with Crippen LogP contribution < -0.4 is 0 Å². The second-order valence-corrected chi connectivity index (χ2v) is 8.45. The fourth-order valence-electron chi connectivity index (χ4n) is 5.14. The van der Waals surface area contributed by atoms with E-state index in [1.807, 2.05) is 0 Å². The maximum Gasteiger partial charge on any atom is 0.138 e. The molecule has 28 heavy (non-hydrogen) atoms. The molecule has 0 aliphatic heterocycles. The van der Waals surface area contributed by atoms with E-state index in [2.05, 4.69) is 0 Å². The summed E-state index contributed by atoms with van der Waals surface area (Å²) in [5.74, 6) is -2.34. The van der Waals surface area contributed by atoms with Gasteiger partial charge in [-0.15, -0.1) is 0 Å². The van der Waals surface area contributed by atoms with Gasteiger partial charge in [-0.2, -0.15) is 0 Å². The molecule has 0 saturated heterocycles. The molecule has 0 amide bonds. The van der Waals surface area contributed by atoms with Crippen molar-refractivity contribution in [3.63, 3.8) is 0 Å². The van der Waals surface area contributed by atoms with Crippen LogP contribution in [0, 0.1) is 0 Å². The number of hydrogen-bond acceptors (Lipinski definition) is 6. The normalized spacial score (nSPS) is 40.2. The second kappa shape index (κ2) is 6.39. The Labute approximate surface area is 171 Å². The molecule has 0 heterocycles. The van der Waals surface area contributed by atoms with Gasteiger partial charge in [0, 0.05) is 16.0 Å². The minimum absolute atomic E-state index is 0.361. The predicted octanol–water partition coefficient (Wildman–Crippen LogP) is 0.795. The number of aliphatic hydroxyl groups excluding tert-OH is 3. The predicted molar refractivity (Wildman–Crippen MR) is 102 cm³/mol. The highest BCUT2D eigenvalue weighted by atomic mass is 35.5. The monoisotopic (exact) mass is 426 g/mol. The first-order chi connectivity index (χ1) is 13.1. The van der Waals surface area contributed by atoms with E-state index in [1.165, 1.54) is 24.3 Å². The van der Waals surface area contributed by atoms with Crippen molar-refractivity contribution < 1.29 is 30.6 Å². The highest BCUT2D eigenvalue weighted by Crippen LogP contribution is 2.75. The van der Waals surface area contributed by atoms with Crippen LogP contribution in [0.25, 0.3) is 0 Å². The first-order valence-corrected chi connectivity index (χ1v) is 9.54. The van der Waals surface area contributed by atoms with E-state index in [-0.39, 0.29) is 0 Å². The molecular formula is C20H20Cl2O6. The lowest BCUT2D eigenvalue weighted by atomic mass is 9.30. The highest BCUT2D eigenvalue weighted by Gasteiger charge is 2.93. The van der Waals surface area contributed by atoms with Gasteiger partial charge in [0.2, 0.25) is 0 Å². The van der Waals surface area contributed by atoms with Gasteiger partial charge >= 0.3 is 0 Å². The van der Waals surface area contributed by atoms with Crippen LogP contribution in [0.1, 0.15) is 23.0 Å². The van der Waals surface area contributed by atoms with Gasteiger partial charge in [0.25, 0.3) is 0 Å². The molecule has 2 saturated carbocycles. The fraction of sp³-hybridized carbons (Fsp3) is 0.400. The van der Waals surface area contributed by atoms with Gasteiger partial charge in [0.1, 0.15) is 22.9 Å². The van der Waals surface area contributed by atoms with Crippen LogP contribution in [0.2, 0.25) is 10.0 Å². The highest BCUT2D eigenvalue weighted by molar-refractivity contribution is 6.30. The second-order valence-electron chi connectivity index (χ2n) is 7.57. The van der Waals surface area contributed by atoms with Crippen LogP contribution in [0.5, 0.6) is 0 Å². The van der Waals surface area contributed by atoms with Crippen molar-refractivity contribution in [1.29, 1.82) is 0 Å². The van der Waals surface area contributed by atoms with Crippen molar-refractivity contribution in [2.24, 2.45) is 0 Å². The number of hydrogen-bond donors (Lipinski definition) is 6. The topological polar surface area (TPSA) is 121 Å². The Balaban J connectivity index is 1.84. The number of benzene rings is 2. The lowest BCUT2D eigenvalue weighted by Crippen LogP contribution is -2.99. The minimum Gasteiger partial charge on any atom is -0.394 e. The molecule has 2 fully saturated rings. The van der Waals surface area contributed by atoms with Crippen LogP contribution in [-0.2, 0) is 0 Å². The standard InChI is InChI=1S/C20H20Cl2O6/c21-12-5-1-10(2-6-12)15-17(25)19(27)16(11-3-7-13(22)8-4-11)18(26,14(24)9-23)20(15,19)28/h1-8,14-17,23-28H,9H2/t14-,15?,16?,17?,18+,19+,20+/m1/s1. The third-order valence-corrected chi connectivity index (χ3v) is 6.94. The van der Waals surface area contributed by atoms with E-state index in [0.29, 0.717) is 21.2 Å². The smallest absolute Gasteiger partial charge is 0.138 e. The van der Waals surface area contributed by atoms with Crippen LogP contribution in [0.15, 0.2) is 48.5 Å². The first-order valence-electron chi connectivity index (χ1n) is 8.79. The van der Waals surface area contributed by atoms with Gasteiger partial charge in [-0.1, -0.05) is 47.5 Å². The van der Waals surface area contributed by atoms with E-state index in [4.69, 9.17) is 23.2 Å². The Hall–Kier alpha value is -1.22. The third kappa shape index (κ3) is 2.15. The Morgan fingerprint density at radius 3 is 1.79 bits per heavy atom. The summed E-state index contributed by atoms with van der Waals surface area (Å²) in [4.78, 5) is 0. The van der Waals surface area contributed by atoms with Crippen LogP contribution in [-0.4, -0.2) is 66.3 Å². The van der Waals surface area contributed by atoms with Gasteiger partial charge in [-0.3, -0.25) is 0 Å². The molecule has 4 rings (SSSR count). The van der Waals surface area contributed by atoms with Crippen molar-refractivity contribution in [1.82, 2.24) is 0 Å². The Bertz CT molecular complexity index is 889. The Morgan fingerprint density at radius 1 is 0.857 bits per heavy atom. The molecule has 0 radical (unpaired) electrons. The molecule has 0 aromatic heterocycles. The van der Waals surface area contributed by atoms with Crippen molar-refractivity contribution in [2.75, 3.05) is 6.61 Å². The van der Waals surface area contributed by atoms with Gasteiger partial charge < -0.3 is 30.6 Å². The van der Waals surface area contributed by atoms with E-state index in [9.17, 15) is 30.6 Å². The number of halogens is 2. The SMILES string of the molecule is OC[C@@H](O)[C@]1(O)C(c2ccc(Cl)cc2)[C@]2(O)C(O)C(c3ccc(Cl)cc3)[C@@]21O. The molecule has 6 N–H and O–H groups in total. The first kappa shape index (κ1) is 20.1. The van der Waals surface area contributed by atoms with Gasteiger partial charge in [0.05, 0.1) is 18.6 Å². The quantitative estimate of drug-likeness (QED) is 0.429. The average molecular weight is 427 g/mol. The third-order valence-electron chi connectivity index (χ3n) is 6.43. The van der Waals surface area contributed by atoms with Crippen molar-refractivity contribution >= 4 is 23.2 Å². The molecule has 2 aliphatic rings. The summed E-state index contributed by atoms with van der Waals surface area (Å²) in [6.45, 7) is -0.845. The molecule has 6 nitrogen and oxygen atoms in total. The average Bonchev–Trinajstić information content (AvgIpc) is 2.69. The Kier molecular flexibility index (Phi) is 4.58. The van der Waals surface area contributed by atoms with Gasteiger partial charge in [0.15, 0.2) is 0 Å². The van der Waals surface area contributed by atoms with Crippen LogP contribution in [0.3, 0.4) is 0 Å². The van der Waals surface area contributed by atoms with Crippen molar-refractivity contribution in [3.8, 4) is 0 Å². The zero-order valence-corrected chi connectivity index (χ0v) is 16.1. The molecule has 2 aliphatic carbocycles. The fourth-order valence-corrected chi connectivity index (χ4v) is 5.39. The van der Waals surface area contributed by atoms with E-state index in [1.54, 1.807) is 24.3 Å². The van der Waals surface area contributed by atoms with Crippen LogP contribution in [0.4, 0.5) is 0 Å². The van der Waals surface area contributed by atoms with Crippen molar-refractivity contribution in [3.05, 3.63) is 69.7 Å². The van der Waals surface area contributed by atoms with Crippen molar-refractivity contribution in [2.45, 2.75) is 40.8 Å². The van der Waals surface area contributed by atoms with Gasteiger partial charge in [-0.05, 0) is 35.4 Å². The summed E-state index contributed by atoms with van der Waals surface area (Å²) in [7, 11) is 0. The largest absolute Gasteiger partial charge is 0.394 e. The zero-order chi connectivity index (χ0) is 20.5. The van der Waals surface area contributed by atoms with E-state index in [0.717, 1.165) is 0 Å². The van der Waals surface area contributed by atoms with E-state index >= 15 is 0 Å².